The second kappa shape index (κ2) is 9.29. The van der Waals surface area contributed by atoms with Crippen LogP contribution in [0.5, 0.6) is 11.5 Å². The molecule has 0 unspecified atom stereocenters. The number of aromatic nitrogens is 3. The van der Waals surface area contributed by atoms with Gasteiger partial charge in [-0.15, -0.1) is 0 Å². The lowest BCUT2D eigenvalue weighted by molar-refractivity contribution is 0.121. The van der Waals surface area contributed by atoms with Crippen LogP contribution in [0.2, 0.25) is 0 Å². The highest BCUT2D eigenvalue weighted by Crippen LogP contribution is 2.27. The highest BCUT2D eigenvalue weighted by Gasteiger charge is 2.21. The van der Waals surface area contributed by atoms with Gasteiger partial charge in [-0.1, -0.05) is 36.4 Å². The predicted molar refractivity (Wildman–Crippen MR) is 119 cm³/mol. The van der Waals surface area contributed by atoms with Gasteiger partial charge in [0.15, 0.2) is 5.65 Å². The summed E-state index contributed by atoms with van der Waals surface area (Å²) in [6, 6.07) is 18.2. The topological polar surface area (TPSA) is 51.9 Å². The van der Waals surface area contributed by atoms with Crippen LogP contribution in [0, 0.1) is 5.92 Å². The van der Waals surface area contributed by atoms with Crippen molar-refractivity contribution in [2.75, 3.05) is 26.3 Å². The minimum atomic E-state index is 0.387. The molecule has 2 aromatic carbocycles. The smallest absolute Gasteiger partial charge is 0.155 e. The molecule has 1 fully saturated rings. The number of rotatable bonds is 6. The maximum atomic E-state index is 6.16. The first kappa shape index (κ1) is 19.7. The maximum absolute atomic E-state index is 6.16. The highest BCUT2D eigenvalue weighted by atomic mass is 16.5. The molecule has 1 saturated heterocycles. The van der Waals surface area contributed by atoms with Crippen molar-refractivity contribution < 1.29 is 9.47 Å². The molecule has 6 heteroatoms. The van der Waals surface area contributed by atoms with E-state index in [1.807, 2.05) is 59.3 Å². The summed E-state index contributed by atoms with van der Waals surface area (Å²) < 4.78 is 14.1. The van der Waals surface area contributed by atoms with Gasteiger partial charge in [0.05, 0.1) is 25.1 Å². The van der Waals surface area contributed by atoms with E-state index in [4.69, 9.17) is 9.47 Å². The molecule has 5 rings (SSSR count). The number of nitrogens with zero attached hydrogens (tertiary/aromatic N) is 4. The summed E-state index contributed by atoms with van der Waals surface area (Å²) in [5.74, 6) is 2.15. The van der Waals surface area contributed by atoms with Gasteiger partial charge in [-0.3, -0.25) is 9.88 Å². The highest BCUT2D eigenvalue weighted by molar-refractivity contribution is 5.38. The summed E-state index contributed by atoms with van der Waals surface area (Å²) in [7, 11) is 0. The van der Waals surface area contributed by atoms with Crippen molar-refractivity contribution in [1.82, 2.24) is 19.3 Å². The maximum Gasteiger partial charge on any atom is 0.155 e. The van der Waals surface area contributed by atoms with E-state index in [-0.39, 0.29) is 0 Å². The molecule has 2 aromatic heterocycles. The number of ether oxygens (including phenoxy) is 2. The Balaban J connectivity index is 1.28. The lowest BCUT2D eigenvalue weighted by Gasteiger charge is -2.24. The third-order valence-corrected chi connectivity index (χ3v) is 5.59. The van der Waals surface area contributed by atoms with Crippen LogP contribution in [0.1, 0.15) is 11.3 Å². The van der Waals surface area contributed by atoms with Crippen LogP contribution in [0.4, 0.5) is 0 Å². The Kier molecular flexibility index (Phi) is 5.91. The van der Waals surface area contributed by atoms with Gasteiger partial charge >= 0.3 is 0 Å². The Hall–Kier alpha value is -3.22. The van der Waals surface area contributed by atoms with E-state index in [2.05, 4.69) is 33.2 Å². The fourth-order valence-corrected chi connectivity index (χ4v) is 4.08. The molecule has 0 saturated carbocycles. The second-order valence-corrected chi connectivity index (χ2v) is 7.97. The van der Waals surface area contributed by atoms with Gasteiger partial charge < -0.3 is 13.9 Å². The predicted octanol–water partition coefficient (Wildman–Crippen LogP) is 4.21. The van der Waals surface area contributed by atoms with Gasteiger partial charge in [0.25, 0.3) is 0 Å². The molecule has 31 heavy (non-hydrogen) atoms. The normalized spacial score (nSPS) is 17.5. The average Bonchev–Trinajstić information content (AvgIpc) is 3.15. The van der Waals surface area contributed by atoms with Crippen LogP contribution in [0.3, 0.4) is 0 Å². The molecule has 0 N–H and O–H groups in total. The molecule has 1 atom stereocenters. The largest absolute Gasteiger partial charge is 0.457 e. The molecule has 6 nitrogen and oxygen atoms in total. The van der Waals surface area contributed by atoms with Crippen LogP contribution >= 0.6 is 0 Å². The van der Waals surface area contributed by atoms with Crippen molar-refractivity contribution in [1.29, 1.82) is 0 Å². The van der Waals surface area contributed by atoms with Gasteiger partial charge in [-0.2, -0.15) is 0 Å². The van der Waals surface area contributed by atoms with Crippen molar-refractivity contribution in [2.45, 2.75) is 13.0 Å². The number of hydrogen-bond donors (Lipinski definition) is 0. The average molecular weight is 415 g/mol. The molecule has 4 aromatic rings. The fourth-order valence-electron chi connectivity index (χ4n) is 4.08. The van der Waals surface area contributed by atoms with Gasteiger partial charge in [0, 0.05) is 49.7 Å². The molecular weight excluding hydrogens is 388 g/mol. The summed E-state index contributed by atoms with van der Waals surface area (Å²) in [6.07, 6.45) is 8.54. The van der Waals surface area contributed by atoms with Gasteiger partial charge in [0.2, 0.25) is 0 Å². The van der Waals surface area contributed by atoms with Crippen molar-refractivity contribution in [3.05, 3.63) is 90.6 Å². The monoisotopic (exact) mass is 414 g/mol. The van der Waals surface area contributed by atoms with Gasteiger partial charge in [0.1, 0.15) is 11.5 Å². The van der Waals surface area contributed by atoms with E-state index >= 15 is 0 Å². The molecule has 0 aliphatic carbocycles. The number of para-hydroxylation sites is 2. The Morgan fingerprint density at radius 2 is 1.90 bits per heavy atom. The number of imidazole rings is 1. The SMILES string of the molecule is c1ccc(Oc2ccccc2CN2CCOC[C@@H](Cc3cn4ccnc4cn3)C2)cc1. The van der Waals surface area contributed by atoms with E-state index in [9.17, 15) is 0 Å². The van der Waals surface area contributed by atoms with Crippen LogP contribution in [0.15, 0.2) is 79.4 Å². The van der Waals surface area contributed by atoms with E-state index in [0.717, 1.165) is 62.1 Å². The molecule has 158 valence electrons. The molecule has 0 bridgehead atoms. The van der Waals surface area contributed by atoms with Crippen molar-refractivity contribution >= 4 is 5.65 Å². The van der Waals surface area contributed by atoms with E-state index < -0.39 is 0 Å². The minimum absolute atomic E-state index is 0.387. The summed E-state index contributed by atoms with van der Waals surface area (Å²) in [5, 5.41) is 0. The first-order chi connectivity index (χ1) is 15.3. The molecule has 0 radical (unpaired) electrons. The third kappa shape index (κ3) is 4.93. The van der Waals surface area contributed by atoms with Crippen LogP contribution in [-0.2, 0) is 17.7 Å². The first-order valence-electron chi connectivity index (χ1n) is 10.7. The lowest BCUT2D eigenvalue weighted by atomic mass is 10.0. The van der Waals surface area contributed by atoms with Crippen LogP contribution in [-0.4, -0.2) is 45.6 Å². The molecule has 1 aliphatic heterocycles. The lowest BCUT2D eigenvalue weighted by Crippen LogP contribution is -2.30. The minimum Gasteiger partial charge on any atom is -0.457 e. The molecule has 0 spiro atoms. The van der Waals surface area contributed by atoms with E-state index in [0.29, 0.717) is 5.92 Å². The standard InChI is InChI=1S/C25H26N4O2/c1-2-7-23(8-3-1)31-24-9-5-4-6-21(24)17-28-12-13-30-19-20(16-28)14-22-18-29-11-10-26-25(29)15-27-22/h1-11,15,18,20H,12-14,16-17,19H2/t20-/m0/s1. The number of benzene rings is 2. The Bertz CT molecular complexity index is 1130. The summed E-state index contributed by atoms with van der Waals surface area (Å²) >= 11 is 0. The van der Waals surface area contributed by atoms with Crippen molar-refractivity contribution in [3.63, 3.8) is 0 Å². The Labute approximate surface area is 182 Å². The zero-order valence-corrected chi connectivity index (χ0v) is 17.4. The van der Waals surface area contributed by atoms with Crippen molar-refractivity contribution in [2.24, 2.45) is 5.92 Å². The molecular formula is C25H26N4O2. The quantitative estimate of drug-likeness (QED) is 0.473. The number of hydrogen-bond acceptors (Lipinski definition) is 5. The first-order valence-corrected chi connectivity index (χ1v) is 10.7. The second-order valence-electron chi connectivity index (χ2n) is 7.97. The summed E-state index contributed by atoms with van der Waals surface area (Å²) in [5.41, 5.74) is 3.12. The van der Waals surface area contributed by atoms with Crippen LogP contribution in [0.25, 0.3) is 5.65 Å². The molecule has 1 aliphatic rings. The van der Waals surface area contributed by atoms with Crippen LogP contribution < -0.4 is 4.74 Å². The fraction of sp³-hybridized carbons (Fsp3) is 0.280. The number of fused-ring (bicyclic) bond motifs is 1. The zero-order chi connectivity index (χ0) is 20.9. The Morgan fingerprint density at radius 1 is 1.03 bits per heavy atom. The molecule has 3 heterocycles. The van der Waals surface area contributed by atoms with Crippen molar-refractivity contribution in [3.8, 4) is 11.5 Å². The third-order valence-electron chi connectivity index (χ3n) is 5.59. The van der Waals surface area contributed by atoms with Gasteiger partial charge in [-0.05, 0) is 24.6 Å². The molecule has 0 amide bonds. The summed E-state index contributed by atoms with van der Waals surface area (Å²) in [4.78, 5) is 11.3. The van der Waals surface area contributed by atoms with E-state index in [1.165, 1.54) is 5.56 Å². The van der Waals surface area contributed by atoms with E-state index in [1.54, 1.807) is 6.20 Å². The van der Waals surface area contributed by atoms with Gasteiger partial charge in [-0.25, -0.2) is 4.98 Å². The Morgan fingerprint density at radius 3 is 2.84 bits per heavy atom. The zero-order valence-electron chi connectivity index (χ0n) is 17.4. The summed E-state index contributed by atoms with van der Waals surface area (Å²) in [6.45, 7) is 4.19.